The molecule has 0 aliphatic heterocycles. The number of ketones is 1. The van der Waals surface area contributed by atoms with Crippen LogP contribution in [0, 0.1) is 0 Å². The van der Waals surface area contributed by atoms with Crippen LogP contribution in [0.15, 0.2) is 53.9 Å². The SMILES string of the molecule is C=Cc1ccc(C(=O)c2ccc(S(=O)(=O)O)cc2)c(C(=O)OC)c1. The molecule has 0 saturated carbocycles. The first-order valence-electron chi connectivity index (χ1n) is 6.75. The van der Waals surface area contributed by atoms with E-state index in [4.69, 9.17) is 4.55 Å². The van der Waals surface area contributed by atoms with Gasteiger partial charge >= 0.3 is 5.97 Å². The molecular weight excluding hydrogens is 332 g/mol. The fraction of sp³-hybridized carbons (Fsp3) is 0.0588. The molecule has 2 aromatic rings. The second-order valence-electron chi connectivity index (χ2n) is 4.83. The van der Waals surface area contributed by atoms with Crippen LogP contribution in [-0.4, -0.2) is 31.8 Å². The van der Waals surface area contributed by atoms with Gasteiger partial charge in [-0.1, -0.05) is 18.7 Å². The van der Waals surface area contributed by atoms with Crippen molar-refractivity contribution < 1.29 is 27.3 Å². The van der Waals surface area contributed by atoms with Crippen molar-refractivity contribution in [2.45, 2.75) is 4.90 Å². The Kier molecular flexibility index (Phi) is 4.96. The highest BCUT2D eigenvalue weighted by molar-refractivity contribution is 7.85. The number of hydrogen-bond donors (Lipinski definition) is 1. The smallest absolute Gasteiger partial charge is 0.338 e. The summed E-state index contributed by atoms with van der Waals surface area (Å²) in [6.07, 6.45) is 1.53. The van der Waals surface area contributed by atoms with Gasteiger partial charge in [0.1, 0.15) is 0 Å². The zero-order chi connectivity index (χ0) is 17.9. The summed E-state index contributed by atoms with van der Waals surface area (Å²) in [5.41, 5.74) is 1.01. The lowest BCUT2D eigenvalue weighted by atomic mass is 9.96. The first kappa shape index (κ1) is 17.6. The largest absolute Gasteiger partial charge is 0.465 e. The molecule has 0 spiro atoms. The maximum absolute atomic E-state index is 12.6. The van der Waals surface area contributed by atoms with Crippen molar-refractivity contribution in [1.29, 1.82) is 0 Å². The Morgan fingerprint density at radius 2 is 1.71 bits per heavy atom. The summed E-state index contributed by atoms with van der Waals surface area (Å²) in [5.74, 6) is -1.15. The van der Waals surface area contributed by atoms with Gasteiger partial charge in [0.25, 0.3) is 10.1 Å². The molecule has 0 aliphatic carbocycles. The fourth-order valence-electron chi connectivity index (χ4n) is 2.10. The minimum absolute atomic E-state index is 0.0822. The van der Waals surface area contributed by atoms with E-state index in [1.165, 1.54) is 37.5 Å². The molecule has 0 bridgehead atoms. The Morgan fingerprint density at radius 3 is 2.21 bits per heavy atom. The van der Waals surface area contributed by atoms with Crippen molar-refractivity contribution in [3.63, 3.8) is 0 Å². The molecule has 2 aromatic carbocycles. The number of methoxy groups -OCH3 is 1. The highest BCUT2D eigenvalue weighted by atomic mass is 32.2. The Labute approximate surface area is 139 Å². The van der Waals surface area contributed by atoms with Gasteiger partial charge in [0.2, 0.25) is 0 Å². The van der Waals surface area contributed by atoms with Crippen molar-refractivity contribution in [1.82, 2.24) is 0 Å². The van der Waals surface area contributed by atoms with Crippen LogP contribution >= 0.6 is 0 Å². The molecule has 0 unspecified atom stereocenters. The molecule has 1 N–H and O–H groups in total. The molecule has 0 saturated heterocycles. The number of carbonyl (C=O) groups is 2. The first-order chi connectivity index (χ1) is 11.3. The first-order valence-corrected chi connectivity index (χ1v) is 8.19. The van der Waals surface area contributed by atoms with Crippen molar-refractivity contribution in [3.05, 3.63) is 71.3 Å². The quantitative estimate of drug-likeness (QED) is 0.508. The van der Waals surface area contributed by atoms with Gasteiger partial charge in [0.15, 0.2) is 5.78 Å². The standard InChI is InChI=1S/C17H14O6S/c1-3-11-4-9-14(15(10-11)17(19)23-2)16(18)12-5-7-13(8-6-12)24(20,21)22/h3-10H,1H2,2H3,(H,20,21,22). The Balaban J connectivity index is 2.49. The maximum Gasteiger partial charge on any atom is 0.338 e. The third kappa shape index (κ3) is 3.58. The summed E-state index contributed by atoms with van der Waals surface area (Å²) >= 11 is 0. The van der Waals surface area contributed by atoms with Gasteiger partial charge in [-0.25, -0.2) is 4.79 Å². The van der Waals surface area contributed by atoms with Gasteiger partial charge in [-0.3, -0.25) is 9.35 Å². The van der Waals surface area contributed by atoms with E-state index in [2.05, 4.69) is 11.3 Å². The summed E-state index contributed by atoms with van der Waals surface area (Å²) in [7, 11) is -3.13. The van der Waals surface area contributed by atoms with Gasteiger partial charge in [0, 0.05) is 11.1 Å². The van der Waals surface area contributed by atoms with Gasteiger partial charge in [-0.15, -0.1) is 0 Å². The monoisotopic (exact) mass is 346 g/mol. The molecule has 0 atom stereocenters. The van der Waals surface area contributed by atoms with E-state index < -0.39 is 21.9 Å². The summed E-state index contributed by atoms with van der Waals surface area (Å²) in [4.78, 5) is 24.2. The molecule has 0 fully saturated rings. The van der Waals surface area contributed by atoms with Crippen LogP contribution in [0.5, 0.6) is 0 Å². The second-order valence-corrected chi connectivity index (χ2v) is 6.25. The summed E-state index contributed by atoms with van der Waals surface area (Å²) in [6.45, 7) is 3.60. The number of hydrogen-bond acceptors (Lipinski definition) is 5. The second kappa shape index (κ2) is 6.77. The molecule has 0 aromatic heterocycles. The lowest BCUT2D eigenvalue weighted by molar-refractivity contribution is 0.0597. The zero-order valence-corrected chi connectivity index (χ0v) is 13.5. The number of esters is 1. The van der Waals surface area contributed by atoms with Crippen LogP contribution in [0.1, 0.15) is 31.8 Å². The Hall–Kier alpha value is -2.77. The minimum Gasteiger partial charge on any atom is -0.465 e. The number of ether oxygens (including phenoxy) is 1. The van der Waals surface area contributed by atoms with Crippen LogP contribution in [0.25, 0.3) is 6.08 Å². The van der Waals surface area contributed by atoms with E-state index >= 15 is 0 Å². The average molecular weight is 346 g/mol. The molecule has 7 heteroatoms. The van der Waals surface area contributed by atoms with Crippen LogP contribution < -0.4 is 0 Å². The predicted octanol–water partition coefficient (Wildman–Crippen LogP) is 2.59. The maximum atomic E-state index is 12.6. The highest BCUT2D eigenvalue weighted by Crippen LogP contribution is 2.19. The minimum atomic E-state index is -4.34. The van der Waals surface area contributed by atoms with E-state index in [1.807, 2.05) is 0 Å². The van der Waals surface area contributed by atoms with Gasteiger partial charge in [0.05, 0.1) is 17.6 Å². The predicted molar refractivity (Wildman–Crippen MR) is 87.6 cm³/mol. The number of carbonyl (C=O) groups excluding carboxylic acids is 2. The topological polar surface area (TPSA) is 97.7 Å². The highest BCUT2D eigenvalue weighted by Gasteiger charge is 2.20. The third-order valence-electron chi connectivity index (χ3n) is 3.34. The van der Waals surface area contributed by atoms with E-state index in [-0.39, 0.29) is 21.6 Å². The van der Waals surface area contributed by atoms with Gasteiger partial charge in [-0.2, -0.15) is 8.42 Å². The number of benzene rings is 2. The lowest BCUT2D eigenvalue weighted by Gasteiger charge is -2.09. The summed E-state index contributed by atoms with van der Waals surface area (Å²) < 4.78 is 35.7. The van der Waals surface area contributed by atoms with Crippen LogP contribution in [0.2, 0.25) is 0 Å². The average Bonchev–Trinajstić information content (AvgIpc) is 2.59. The normalized spacial score (nSPS) is 10.9. The molecule has 0 heterocycles. The van der Waals surface area contributed by atoms with Crippen molar-refractivity contribution in [3.8, 4) is 0 Å². The Bertz CT molecular complexity index is 911. The molecule has 24 heavy (non-hydrogen) atoms. The van der Waals surface area contributed by atoms with Crippen LogP contribution in [0.3, 0.4) is 0 Å². The van der Waals surface area contributed by atoms with E-state index in [9.17, 15) is 18.0 Å². The summed E-state index contributed by atoms with van der Waals surface area (Å²) in [6, 6.07) is 9.32. The lowest BCUT2D eigenvalue weighted by Crippen LogP contribution is -2.12. The van der Waals surface area contributed by atoms with Crippen molar-refractivity contribution in [2.75, 3.05) is 7.11 Å². The molecule has 2 rings (SSSR count). The molecule has 124 valence electrons. The molecule has 6 nitrogen and oxygen atoms in total. The molecular formula is C17H14O6S. The molecule has 0 radical (unpaired) electrons. The third-order valence-corrected chi connectivity index (χ3v) is 4.21. The van der Waals surface area contributed by atoms with Gasteiger partial charge in [-0.05, 0) is 42.0 Å². The van der Waals surface area contributed by atoms with Crippen LogP contribution in [0.4, 0.5) is 0 Å². The van der Waals surface area contributed by atoms with Crippen molar-refractivity contribution >= 4 is 27.9 Å². The molecule has 0 amide bonds. The van der Waals surface area contributed by atoms with E-state index in [0.29, 0.717) is 5.56 Å². The zero-order valence-electron chi connectivity index (χ0n) is 12.7. The van der Waals surface area contributed by atoms with Gasteiger partial charge < -0.3 is 4.74 Å². The molecule has 0 aliphatic rings. The summed E-state index contributed by atoms with van der Waals surface area (Å²) in [5, 5.41) is 0. The van der Waals surface area contributed by atoms with E-state index in [1.54, 1.807) is 6.07 Å². The Morgan fingerprint density at radius 1 is 1.08 bits per heavy atom. The number of rotatable bonds is 5. The van der Waals surface area contributed by atoms with Crippen molar-refractivity contribution in [2.24, 2.45) is 0 Å². The fourth-order valence-corrected chi connectivity index (χ4v) is 2.58. The van der Waals surface area contributed by atoms with Crippen LogP contribution in [-0.2, 0) is 14.9 Å². The van der Waals surface area contributed by atoms with E-state index in [0.717, 1.165) is 12.1 Å².